The van der Waals surface area contributed by atoms with Crippen LogP contribution in [-0.4, -0.2) is 23.1 Å². The first-order valence-corrected chi connectivity index (χ1v) is 9.16. The van der Waals surface area contributed by atoms with Crippen LogP contribution in [0, 0.1) is 12.3 Å². The summed E-state index contributed by atoms with van der Waals surface area (Å²) in [5.41, 5.74) is 1.04. The molecule has 0 unspecified atom stereocenters. The van der Waals surface area contributed by atoms with E-state index in [0.29, 0.717) is 25.1 Å². The molecule has 0 radical (unpaired) electrons. The van der Waals surface area contributed by atoms with E-state index in [0.717, 1.165) is 21.5 Å². The van der Waals surface area contributed by atoms with Gasteiger partial charge in [-0.25, -0.2) is 4.98 Å². The maximum absolute atomic E-state index is 12.2. The molecule has 0 spiro atoms. The highest BCUT2D eigenvalue weighted by molar-refractivity contribution is 9.10. The molecular formula is C17H15BrN4OS. The number of amides is 1. The fraction of sp³-hybridized carbons (Fsp3) is 0.294. The maximum Gasteiger partial charge on any atom is 0.270 e. The molecule has 0 fully saturated rings. The molecule has 7 heteroatoms. The van der Waals surface area contributed by atoms with Crippen molar-refractivity contribution >= 4 is 33.2 Å². The van der Waals surface area contributed by atoms with Crippen molar-refractivity contribution in [3.8, 4) is 22.9 Å². The van der Waals surface area contributed by atoms with Crippen molar-refractivity contribution in [2.45, 2.75) is 24.9 Å². The van der Waals surface area contributed by atoms with E-state index >= 15 is 0 Å². The van der Waals surface area contributed by atoms with Gasteiger partial charge >= 0.3 is 0 Å². The summed E-state index contributed by atoms with van der Waals surface area (Å²) in [5.74, 6) is 2.41. The quantitative estimate of drug-likeness (QED) is 0.702. The average Bonchev–Trinajstić information content (AvgIpc) is 3.16. The van der Waals surface area contributed by atoms with E-state index in [-0.39, 0.29) is 11.6 Å². The zero-order valence-electron chi connectivity index (χ0n) is 12.8. The van der Waals surface area contributed by atoms with Gasteiger partial charge in [-0.05, 0) is 12.1 Å². The fourth-order valence-electron chi connectivity index (χ4n) is 2.27. The number of hydrogen-bond acceptors (Lipinski definition) is 5. The summed E-state index contributed by atoms with van der Waals surface area (Å²) in [7, 11) is 0. The van der Waals surface area contributed by atoms with Gasteiger partial charge in [-0.15, -0.1) is 23.7 Å². The Morgan fingerprint density at radius 2 is 2.21 bits per heavy atom. The summed E-state index contributed by atoms with van der Waals surface area (Å²) >= 11 is 4.89. The largest absolute Gasteiger partial charge is 0.351 e. The predicted molar refractivity (Wildman–Crippen MR) is 97.9 cm³/mol. The number of hydrogen-bond donors (Lipinski definition) is 1. The monoisotopic (exact) mass is 402 g/mol. The zero-order valence-corrected chi connectivity index (χ0v) is 15.2. The first-order chi connectivity index (χ1) is 11.6. The third-order valence-corrected chi connectivity index (χ3v) is 5.06. The lowest BCUT2D eigenvalue weighted by Gasteiger charge is -2.09. The second kappa shape index (κ2) is 7.24. The van der Waals surface area contributed by atoms with Crippen molar-refractivity contribution in [2.75, 3.05) is 6.54 Å². The van der Waals surface area contributed by atoms with Gasteiger partial charge in [-0.1, -0.05) is 28.1 Å². The van der Waals surface area contributed by atoms with E-state index in [9.17, 15) is 4.79 Å². The van der Waals surface area contributed by atoms with Crippen molar-refractivity contribution in [3.63, 3.8) is 0 Å². The molecule has 2 heterocycles. The number of thiazole rings is 1. The standard InChI is InChI=1S/C17H15BrN4OS/c1-2-3-7-17(21-22-17)8-9-19-15(23)14-11-24-16(20-14)12-5-4-6-13(18)10-12/h1,4-6,10-11H,3,7-9H2,(H,19,23). The van der Waals surface area contributed by atoms with Gasteiger partial charge in [0.2, 0.25) is 0 Å². The van der Waals surface area contributed by atoms with Crippen LogP contribution in [0.5, 0.6) is 0 Å². The Kier molecular flexibility index (Phi) is 5.07. The number of halogens is 1. The molecule has 5 nitrogen and oxygen atoms in total. The van der Waals surface area contributed by atoms with Crippen molar-refractivity contribution < 1.29 is 4.79 Å². The van der Waals surface area contributed by atoms with Gasteiger partial charge in [-0.3, -0.25) is 4.79 Å². The Morgan fingerprint density at radius 3 is 2.92 bits per heavy atom. The first-order valence-electron chi connectivity index (χ1n) is 7.49. The molecule has 2 aromatic rings. The lowest BCUT2D eigenvalue weighted by atomic mass is 10.0. The van der Waals surface area contributed by atoms with Gasteiger partial charge in [0.1, 0.15) is 10.7 Å². The van der Waals surface area contributed by atoms with E-state index in [4.69, 9.17) is 6.42 Å². The van der Waals surface area contributed by atoms with Crippen LogP contribution in [0.15, 0.2) is 44.3 Å². The lowest BCUT2D eigenvalue weighted by molar-refractivity contribution is 0.0947. The maximum atomic E-state index is 12.2. The summed E-state index contributed by atoms with van der Waals surface area (Å²) in [6.45, 7) is 0.500. The van der Waals surface area contributed by atoms with Crippen LogP contribution in [-0.2, 0) is 0 Å². The fourth-order valence-corrected chi connectivity index (χ4v) is 3.46. The van der Waals surface area contributed by atoms with E-state index in [1.807, 2.05) is 24.3 Å². The molecular weight excluding hydrogens is 388 g/mol. The number of carbonyl (C=O) groups is 1. The third kappa shape index (κ3) is 4.08. The van der Waals surface area contributed by atoms with Gasteiger partial charge in [0, 0.05) is 41.2 Å². The summed E-state index contributed by atoms with van der Waals surface area (Å²) in [6.07, 6.45) is 7.31. The molecule has 1 aliphatic rings. The number of terminal acetylenes is 1. The Labute approximate surface area is 152 Å². The van der Waals surface area contributed by atoms with Gasteiger partial charge in [0.15, 0.2) is 5.66 Å². The van der Waals surface area contributed by atoms with Crippen molar-refractivity contribution in [3.05, 3.63) is 39.8 Å². The smallest absolute Gasteiger partial charge is 0.270 e. The molecule has 122 valence electrons. The highest BCUT2D eigenvalue weighted by atomic mass is 79.9. The summed E-state index contributed by atoms with van der Waals surface area (Å²) in [5, 5.41) is 13.6. The van der Waals surface area contributed by atoms with E-state index in [1.165, 1.54) is 11.3 Å². The zero-order chi connectivity index (χ0) is 17.0. The van der Waals surface area contributed by atoms with Crippen molar-refractivity contribution in [1.29, 1.82) is 0 Å². The highest BCUT2D eigenvalue weighted by Gasteiger charge is 2.38. The number of nitrogens with zero attached hydrogens (tertiary/aromatic N) is 3. The molecule has 0 aliphatic carbocycles. The van der Waals surface area contributed by atoms with E-state index in [2.05, 4.69) is 42.4 Å². The Bertz CT molecular complexity index is 818. The van der Waals surface area contributed by atoms with Gasteiger partial charge in [0.05, 0.1) is 0 Å². The molecule has 1 aliphatic heterocycles. The number of benzene rings is 1. The second-order valence-corrected chi connectivity index (χ2v) is 7.21. The van der Waals surface area contributed by atoms with Crippen LogP contribution in [0.1, 0.15) is 29.8 Å². The molecule has 1 N–H and O–H groups in total. The highest BCUT2D eigenvalue weighted by Crippen LogP contribution is 2.36. The second-order valence-electron chi connectivity index (χ2n) is 5.44. The van der Waals surface area contributed by atoms with Crippen LogP contribution in [0.2, 0.25) is 0 Å². The van der Waals surface area contributed by atoms with Gasteiger partial charge in [-0.2, -0.15) is 10.2 Å². The number of nitrogens with one attached hydrogen (secondary N) is 1. The van der Waals surface area contributed by atoms with Crippen LogP contribution in [0.3, 0.4) is 0 Å². The normalized spacial score (nSPS) is 14.2. The van der Waals surface area contributed by atoms with E-state index < -0.39 is 0 Å². The lowest BCUT2D eigenvalue weighted by Crippen LogP contribution is -2.28. The molecule has 3 rings (SSSR count). The third-order valence-electron chi connectivity index (χ3n) is 3.67. The van der Waals surface area contributed by atoms with Crippen molar-refractivity contribution in [1.82, 2.24) is 10.3 Å². The van der Waals surface area contributed by atoms with Gasteiger partial charge < -0.3 is 5.32 Å². The SMILES string of the molecule is C#CCCC1(CCNC(=O)c2csc(-c3cccc(Br)c3)n2)N=N1. The number of rotatable bonds is 7. The van der Waals surface area contributed by atoms with Crippen LogP contribution < -0.4 is 5.32 Å². The minimum absolute atomic E-state index is 0.180. The van der Waals surface area contributed by atoms with Crippen LogP contribution in [0.25, 0.3) is 10.6 Å². The van der Waals surface area contributed by atoms with E-state index in [1.54, 1.807) is 5.38 Å². The molecule has 24 heavy (non-hydrogen) atoms. The molecule has 0 saturated carbocycles. The molecule has 1 amide bonds. The molecule has 1 aromatic carbocycles. The van der Waals surface area contributed by atoms with Crippen molar-refractivity contribution in [2.24, 2.45) is 10.2 Å². The average molecular weight is 403 g/mol. The number of carbonyl (C=O) groups excluding carboxylic acids is 1. The van der Waals surface area contributed by atoms with Crippen LogP contribution >= 0.6 is 27.3 Å². The van der Waals surface area contributed by atoms with Crippen LogP contribution in [0.4, 0.5) is 0 Å². The summed E-state index contributed by atoms with van der Waals surface area (Å²) in [4.78, 5) is 16.6. The topological polar surface area (TPSA) is 66.7 Å². The Morgan fingerprint density at radius 1 is 1.38 bits per heavy atom. The number of aromatic nitrogens is 1. The Hall–Kier alpha value is -2.04. The predicted octanol–water partition coefficient (Wildman–Crippen LogP) is 4.27. The molecule has 0 atom stereocenters. The minimum Gasteiger partial charge on any atom is -0.351 e. The summed E-state index contributed by atoms with van der Waals surface area (Å²) in [6, 6.07) is 7.84. The molecule has 1 aromatic heterocycles. The summed E-state index contributed by atoms with van der Waals surface area (Å²) < 4.78 is 0.982. The molecule has 0 bridgehead atoms. The minimum atomic E-state index is -0.372. The molecule has 0 saturated heterocycles. The van der Waals surface area contributed by atoms with Gasteiger partial charge in [0.25, 0.3) is 5.91 Å². The Balaban J connectivity index is 1.54. The first kappa shape index (κ1) is 16.8.